The van der Waals surface area contributed by atoms with Gasteiger partial charge in [-0.25, -0.2) is 0 Å². The molecule has 0 amide bonds. The Labute approximate surface area is 152 Å². The number of methoxy groups -OCH3 is 1. The fraction of sp³-hybridized carbons (Fsp3) is 1.00. The van der Waals surface area contributed by atoms with Gasteiger partial charge in [-0.1, -0.05) is 6.92 Å². The molecule has 5 N–H and O–H groups in total. The molecule has 6 rings (SSSR count). The van der Waals surface area contributed by atoms with Crippen LogP contribution < -0.4 is 0 Å². The van der Waals surface area contributed by atoms with Crippen LogP contribution in [0.2, 0.25) is 0 Å². The first-order chi connectivity index (χ1) is 12.4. The van der Waals surface area contributed by atoms with Crippen molar-refractivity contribution in [2.45, 2.75) is 74.7 Å². The third-order valence-corrected chi connectivity index (χ3v) is 6.21. The van der Waals surface area contributed by atoms with Gasteiger partial charge >= 0.3 is 0 Å². The van der Waals surface area contributed by atoms with E-state index in [-0.39, 0.29) is 6.61 Å². The summed E-state index contributed by atoms with van der Waals surface area (Å²) < 4.78 is 23.1. The van der Waals surface area contributed by atoms with Crippen LogP contribution in [0.4, 0.5) is 0 Å². The Morgan fingerprint density at radius 1 is 1.08 bits per heavy atom. The Hall–Kier alpha value is -0.360. The zero-order valence-corrected chi connectivity index (χ0v) is 15.1. The molecule has 9 heteroatoms. The third-order valence-electron chi connectivity index (χ3n) is 6.21. The van der Waals surface area contributed by atoms with Crippen molar-refractivity contribution < 1.29 is 44.5 Å². The van der Waals surface area contributed by atoms with Crippen molar-refractivity contribution in [2.75, 3.05) is 26.9 Å². The van der Waals surface area contributed by atoms with Crippen LogP contribution in [0.5, 0.6) is 0 Å². The van der Waals surface area contributed by atoms with Gasteiger partial charge in [0.05, 0.1) is 43.0 Å². The maximum atomic E-state index is 11.1. The highest BCUT2D eigenvalue weighted by Gasteiger charge is 2.62. The van der Waals surface area contributed by atoms with Gasteiger partial charge in [0.1, 0.15) is 30.5 Å². The second-order valence-electron chi connectivity index (χ2n) is 7.59. The molecule has 0 saturated carbocycles. The molecule has 0 aromatic heterocycles. The number of aliphatic hydroxyl groups is 5. The quantitative estimate of drug-likeness (QED) is 0.370. The summed E-state index contributed by atoms with van der Waals surface area (Å²) in [5.74, 6) is 0. The minimum absolute atomic E-state index is 0.256. The van der Waals surface area contributed by atoms with Gasteiger partial charge in [-0.2, -0.15) is 0 Å². The number of rotatable bonds is 3. The van der Waals surface area contributed by atoms with Crippen molar-refractivity contribution in [1.29, 1.82) is 0 Å². The maximum absolute atomic E-state index is 11.1. The number of hydrogen-bond acceptors (Lipinski definition) is 9. The van der Waals surface area contributed by atoms with Gasteiger partial charge in [-0.05, 0) is 12.8 Å². The van der Waals surface area contributed by atoms with E-state index in [0.29, 0.717) is 12.8 Å². The van der Waals surface area contributed by atoms with Gasteiger partial charge in [0.15, 0.2) is 0 Å². The van der Waals surface area contributed by atoms with Gasteiger partial charge in [0.25, 0.3) is 0 Å². The minimum Gasteiger partial charge on any atom is -0.394 e. The molecule has 26 heavy (non-hydrogen) atoms. The SMILES string of the molecule is CO[C@@H]1[C@@H](O)[C@@]2(C)C3O[C@H](CO)[C@@H](OCCC[C@H]1O[C@@H]2CO)[C@H](O)[C@H]3O. The molecular weight excluding hydrogens is 348 g/mol. The summed E-state index contributed by atoms with van der Waals surface area (Å²) in [7, 11) is 1.46. The lowest BCUT2D eigenvalue weighted by Crippen LogP contribution is -2.72. The maximum Gasteiger partial charge on any atom is 0.114 e. The molecule has 1 unspecified atom stereocenters. The van der Waals surface area contributed by atoms with Crippen molar-refractivity contribution in [1.82, 2.24) is 0 Å². The Bertz CT molecular complexity index is 475. The van der Waals surface area contributed by atoms with E-state index in [1.807, 2.05) is 0 Å². The van der Waals surface area contributed by atoms with Crippen molar-refractivity contribution in [3.05, 3.63) is 0 Å². The highest BCUT2D eigenvalue weighted by Crippen LogP contribution is 2.46. The Morgan fingerprint density at radius 2 is 1.81 bits per heavy atom. The van der Waals surface area contributed by atoms with E-state index in [9.17, 15) is 25.5 Å². The molecule has 6 fully saturated rings. The molecule has 0 spiro atoms. The standard InChI is InChI=1S/C17H30O9/c1-17-10(7-19)25-8(14(23-2)15(17)22)4-3-5-24-13-9(6-18)26-16(17)12(21)11(13)20/h8-16,18-22H,3-7H2,1-2H3/t8-,9-,10-,11-,12-,13-,14+,15-,16?,17+/m1/s1. The van der Waals surface area contributed by atoms with Crippen LogP contribution in [0.3, 0.4) is 0 Å². The van der Waals surface area contributed by atoms with Crippen molar-refractivity contribution in [3.8, 4) is 0 Å². The van der Waals surface area contributed by atoms with Gasteiger partial charge in [0, 0.05) is 13.7 Å². The van der Waals surface area contributed by atoms with Gasteiger partial charge in [-0.3, -0.25) is 0 Å². The second kappa shape index (κ2) is 7.94. The van der Waals surface area contributed by atoms with Crippen LogP contribution in [0.15, 0.2) is 0 Å². The van der Waals surface area contributed by atoms with E-state index >= 15 is 0 Å². The molecule has 4 bridgehead atoms. The summed E-state index contributed by atoms with van der Waals surface area (Å²) >= 11 is 0. The first-order valence-corrected chi connectivity index (χ1v) is 9.11. The lowest BCUT2D eigenvalue weighted by Gasteiger charge is -2.57. The fourth-order valence-electron chi connectivity index (χ4n) is 4.60. The van der Waals surface area contributed by atoms with E-state index in [0.717, 1.165) is 0 Å². The molecule has 0 aliphatic carbocycles. The predicted octanol–water partition coefficient (Wildman–Crippen LogP) is -2.21. The Kier molecular flexibility index (Phi) is 6.22. The van der Waals surface area contributed by atoms with Crippen LogP contribution in [-0.2, 0) is 18.9 Å². The Morgan fingerprint density at radius 3 is 2.42 bits per heavy atom. The van der Waals surface area contributed by atoms with Gasteiger partial charge < -0.3 is 44.5 Å². The molecule has 10 atom stereocenters. The zero-order chi connectivity index (χ0) is 19.1. The zero-order valence-electron chi connectivity index (χ0n) is 15.1. The van der Waals surface area contributed by atoms with Gasteiger partial charge in [0.2, 0.25) is 0 Å². The molecule has 152 valence electrons. The molecule has 0 aromatic rings. The summed E-state index contributed by atoms with van der Waals surface area (Å²) in [6, 6.07) is 0. The molecule has 0 radical (unpaired) electrons. The molecule has 9 nitrogen and oxygen atoms in total. The highest BCUT2D eigenvalue weighted by atomic mass is 16.6. The largest absolute Gasteiger partial charge is 0.394 e. The van der Waals surface area contributed by atoms with Crippen LogP contribution in [0.25, 0.3) is 0 Å². The van der Waals surface area contributed by atoms with Crippen LogP contribution >= 0.6 is 0 Å². The average Bonchev–Trinajstić information content (AvgIpc) is 2.63. The van der Waals surface area contributed by atoms with Crippen molar-refractivity contribution in [2.24, 2.45) is 5.41 Å². The van der Waals surface area contributed by atoms with Crippen molar-refractivity contribution >= 4 is 0 Å². The smallest absolute Gasteiger partial charge is 0.114 e. The summed E-state index contributed by atoms with van der Waals surface area (Å²) in [5.41, 5.74) is -1.27. The second-order valence-corrected chi connectivity index (χ2v) is 7.59. The monoisotopic (exact) mass is 378 g/mol. The summed E-state index contributed by atoms with van der Waals surface area (Å²) in [5, 5.41) is 52.0. The van der Waals surface area contributed by atoms with Crippen LogP contribution in [-0.4, -0.2) is 107 Å². The fourth-order valence-corrected chi connectivity index (χ4v) is 4.60. The van der Waals surface area contributed by atoms with E-state index in [1.165, 1.54) is 7.11 Å². The molecule has 0 aromatic carbocycles. The van der Waals surface area contributed by atoms with E-state index < -0.39 is 73.6 Å². The van der Waals surface area contributed by atoms with Crippen LogP contribution in [0.1, 0.15) is 19.8 Å². The van der Waals surface area contributed by atoms with Gasteiger partial charge in [-0.15, -0.1) is 0 Å². The number of hydrogen-bond donors (Lipinski definition) is 5. The molecule has 6 saturated heterocycles. The molecular formula is C17H30O9. The van der Waals surface area contributed by atoms with E-state index in [2.05, 4.69) is 0 Å². The minimum atomic E-state index is -1.39. The number of ether oxygens (including phenoxy) is 4. The first kappa shape index (κ1) is 20.4. The summed E-state index contributed by atoms with van der Waals surface area (Å²) in [6.45, 7) is 1.07. The lowest BCUT2D eigenvalue weighted by atomic mass is 9.65. The summed E-state index contributed by atoms with van der Waals surface area (Å²) in [4.78, 5) is 0. The topological polar surface area (TPSA) is 138 Å². The predicted molar refractivity (Wildman–Crippen MR) is 87.4 cm³/mol. The lowest BCUT2D eigenvalue weighted by molar-refractivity contribution is -0.329. The average molecular weight is 378 g/mol. The van der Waals surface area contributed by atoms with Crippen molar-refractivity contribution in [3.63, 3.8) is 0 Å². The van der Waals surface area contributed by atoms with E-state index in [1.54, 1.807) is 6.92 Å². The summed E-state index contributed by atoms with van der Waals surface area (Å²) in [6.07, 6.45) is -7.57. The van der Waals surface area contributed by atoms with E-state index in [4.69, 9.17) is 18.9 Å². The van der Waals surface area contributed by atoms with Crippen LogP contribution in [0, 0.1) is 5.41 Å². The highest BCUT2D eigenvalue weighted by molar-refractivity contribution is 5.10. The Balaban J connectivity index is 2.06. The molecule has 6 aliphatic heterocycles. The molecule has 6 aliphatic rings. The third kappa shape index (κ3) is 3.09. The normalized spacial score (nSPS) is 52.5. The first-order valence-electron chi connectivity index (χ1n) is 9.11. The molecule has 6 heterocycles. The number of aliphatic hydroxyl groups excluding tert-OH is 5.